The zero-order valence-electron chi connectivity index (χ0n) is 21.2. The van der Waals surface area contributed by atoms with E-state index in [9.17, 15) is 9.90 Å². The summed E-state index contributed by atoms with van der Waals surface area (Å²) >= 11 is 0. The topological polar surface area (TPSA) is 83.5 Å². The van der Waals surface area contributed by atoms with Gasteiger partial charge in [0.15, 0.2) is 0 Å². The average Bonchev–Trinajstić information content (AvgIpc) is 2.80. The number of hydrogen-bond donors (Lipinski definition) is 3. The van der Waals surface area contributed by atoms with Crippen molar-refractivity contribution >= 4 is 5.91 Å². The standard InChI is InChI=1S/C29H39N3O3/c1-5-10-23(32-26(34)21-11-7-6-8-12-21)25(33)19-30-24-17-29(13-9-14-29)35-27-22(24)15-20(18-31-27)16-28(2,3)4/h5-8,11-12,15,18,23-25,30,33H,1,9-10,13-14,16-17,19H2,2-4H3,(H,32,34)/t23-,24-,25+/m0/s1. The monoisotopic (exact) mass is 477 g/mol. The fourth-order valence-corrected chi connectivity index (χ4v) is 5.09. The van der Waals surface area contributed by atoms with Crippen molar-refractivity contribution in [1.82, 2.24) is 15.6 Å². The summed E-state index contributed by atoms with van der Waals surface area (Å²) in [6.07, 6.45) is 8.40. The molecule has 1 aliphatic heterocycles. The summed E-state index contributed by atoms with van der Waals surface area (Å²) in [4.78, 5) is 17.4. The second kappa shape index (κ2) is 10.5. The minimum absolute atomic E-state index is 0.0373. The number of hydrogen-bond acceptors (Lipinski definition) is 5. The number of ether oxygens (including phenoxy) is 1. The maximum Gasteiger partial charge on any atom is 0.251 e. The lowest BCUT2D eigenvalue weighted by Gasteiger charge is -2.47. The Bertz CT molecular complexity index is 1030. The zero-order valence-corrected chi connectivity index (χ0v) is 21.2. The fourth-order valence-electron chi connectivity index (χ4n) is 5.09. The van der Waals surface area contributed by atoms with Gasteiger partial charge < -0.3 is 20.5 Å². The van der Waals surface area contributed by atoms with Crippen LogP contribution >= 0.6 is 0 Å². The summed E-state index contributed by atoms with van der Waals surface area (Å²) in [5, 5.41) is 17.6. The number of rotatable bonds is 9. The Morgan fingerprint density at radius 1 is 1.31 bits per heavy atom. The summed E-state index contributed by atoms with van der Waals surface area (Å²) in [6, 6.07) is 10.9. The van der Waals surface area contributed by atoms with Crippen LogP contribution in [0.3, 0.4) is 0 Å². The molecule has 1 aromatic carbocycles. The number of pyridine rings is 1. The van der Waals surface area contributed by atoms with Gasteiger partial charge in [-0.2, -0.15) is 0 Å². The minimum atomic E-state index is -0.769. The molecule has 1 aromatic heterocycles. The van der Waals surface area contributed by atoms with Gasteiger partial charge in [0, 0.05) is 36.3 Å². The second-order valence-corrected chi connectivity index (χ2v) is 11.3. The highest BCUT2D eigenvalue weighted by Crippen LogP contribution is 2.48. The number of aliphatic hydroxyl groups excluding tert-OH is 1. The molecule has 0 bridgehead atoms. The first kappa shape index (κ1) is 25.4. The first-order valence-corrected chi connectivity index (χ1v) is 12.7. The van der Waals surface area contributed by atoms with Crippen molar-refractivity contribution in [2.45, 2.75) is 83.1 Å². The molecular formula is C29H39N3O3. The van der Waals surface area contributed by atoms with Crippen molar-refractivity contribution < 1.29 is 14.6 Å². The molecule has 6 heteroatoms. The van der Waals surface area contributed by atoms with Crippen molar-refractivity contribution in [3.05, 3.63) is 71.9 Å². The molecule has 2 heterocycles. The molecule has 35 heavy (non-hydrogen) atoms. The molecular weight excluding hydrogens is 438 g/mol. The zero-order chi connectivity index (χ0) is 25.1. The Labute approximate surface area is 209 Å². The van der Waals surface area contributed by atoms with E-state index >= 15 is 0 Å². The number of amides is 1. The number of fused-ring (bicyclic) bond motifs is 1. The van der Waals surface area contributed by atoms with E-state index in [2.05, 4.69) is 44.1 Å². The van der Waals surface area contributed by atoms with Crippen LogP contribution in [-0.2, 0) is 6.42 Å². The fraction of sp³-hybridized carbons (Fsp3) is 0.517. The Hall–Kier alpha value is -2.70. The van der Waals surface area contributed by atoms with Gasteiger partial charge in [-0.3, -0.25) is 4.79 Å². The molecule has 1 aliphatic carbocycles. The summed E-state index contributed by atoms with van der Waals surface area (Å²) in [6.45, 7) is 10.8. The molecule has 1 amide bonds. The van der Waals surface area contributed by atoms with Gasteiger partial charge in [0.25, 0.3) is 5.91 Å². The van der Waals surface area contributed by atoms with E-state index in [0.717, 1.165) is 31.2 Å². The number of nitrogens with one attached hydrogen (secondary N) is 2. The molecule has 1 spiro atoms. The lowest BCUT2D eigenvalue weighted by atomic mass is 9.73. The van der Waals surface area contributed by atoms with Gasteiger partial charge in [0.2, 0.25) is 5.88 Å². The van der Waals surface area contributed by atoms with Crippen molar-refractivity contribution in [2.75, 3.05) is 6.54 Å². The van der Waals surface area contributed by atoms with Crippen LogP contribution in [0.2, 0.25) is 0 Å². The third-order valence-electron chi connectivity index (χ3n) is 7.01. The van der Waals surface area contributed by atoms with Crippen LogP contribution in [0.1, 0.15) is 80.4 Å². The van der Waals surface area contributed by atoms with E-state index in [1.807, 2.05) is 24.4 Å². The molecule has 0 saturated heterocycles. The summed E-state index contributed by atoms with van der Waals surface area (Å²) in [7, 11) is 0. The minimum Gasteiger partial charge on any atom is -0.471 e. The van der Waals surface area contributed by atoms with Gasteiger partial charge in [-0.25, -0.2) is 4.98 Å². The highest BCUT2D eigenvalue weighted by atomic mass is 16.5. The molecule has 4 rings (SSSR count). The van der Waals surface area contributed by atoms with Gasteiger partial charge in [-0.15, -0.1) is 6.58 Å². The van der Waals surface area contributed by atoms with E-state index in [-0.39, 0.29) is 23.0 Å². The van der Waals surface area contributed by atoms with Gasteiger partial charge in [-0.1, -0.05) is 45.0 Å². The number of aromatic nitrogens is 1. The quantitative estimate of drug-likeness (QED) is 0.454. The van der Waals surface area contributed by atoms with Crippen LogP contribution in [0, 0.1) is 5.41 Å². The lowest BCUT2D eigenvalue weighted by molar-refractivity contribution is -0.0420. The summed E-state index contributed by atoms with van der Waals surface area (Å²) in [5.74, 6) is 0.512. The average molecular weight is 478 g/mol. The molecule has 2 aliphatic rings. The van der Waals surface area contributed by atoms with Crippen LogP contribution < -0.4 is 15.4 Å². The highest BCUT2D eigenvalue weighted by molar-refractivity contribution is 5.94. The summed E-state index contributed by atoms with van der Waals surface area (Å²) in [5.41, 5.74) is 2.83. The van der Waals surface area contributed by atoms with E-state index in [1.165, 1.54) is 12.0 Å². The highest BCUT2D eigenvalue weighted by Gasteiger charge is 2.46. The number of carbonyl (C=O) groups excluding carboxylic acids is 1. The Morgan fingerprint density at radius 3 is 2.69 bits per heavy atom. The Balaban J connectivity index is 1.47. The van der Waals surface area contributed by atoms with Gasteiger partial charge in [0.1, 0.15) is 5.60 Å². The van der Waals surface area contributed by atoms with Crippen LogP contribution in [0.4, 0.5) is 0 Å². The number of aliphatic hydroxyl groups is 1. The number of nitrogens with zero attached hydrogens (tertiary/aromatic N) is 1. The first-order valence-electron chi connectivity index (χ1n) is 12.7. The molecule has 3 atom stereocenters. The van der Waals surface area contributed by atoms with Crippen molar-refractivity contribution in [1.29, 1.82) is 0 Å². The largest absolute Gasteiger partial charge is 0.471 e. The normalized spacial score (nSPS) is 20.2. The smallest absolute Gasteiger partial charge is 0.251 e. The first-order chi connectivity index (χ1) is 16.7. The number of benzene rings is 1. The lowest BCUT2D eigenvalue weighted by Crippen LogP contribution is -2.52. The van der Waals surface area contributed by atoms with Crippen molar-refractivity contribution in [3.8, 4) is 5.88 Å². The van der Waals surface area contributed by atoms with E-state index in [1.54, 1.807) is 18.2 Å². The van der Waals surface area contributed by atoms with Crippen LogP contribution in [0.15, 0.2) is 55.3 Å². The van der Waals surface area contributed by atoms with Gasteiger partial charge in [0.05, 0.1) is 12.1 Å². The summed E-state index contributed by atoms with van der Waals surface area (Å²) < 4.78 is 6.38. The van der Waals surface area contributed by atoms with Gasteiger partial charge in [-0.05, 0) is 61.3 Å². The van der Waals surface area contributed by atoms with Crippen molar-refractivity contribution in [2.24, 2.45) is 5.41 Å². The number of carbonyl (C=O) groups is 1. The van der Waals surface area contributed by atoms with E-state index < -0.39 is 12.1 Å². The van der Waals surface area contributed by atoms with Crippen molar-refractivity contribution in [3.63, 3.8) is 0 Å². The van der Waals surface area contributed by atoms with Crippen LogP contribution in [0.25, 0.3) is 0 Å². The molecule has 0 unspecified atom stereocenters. The SMILES string of the molecule is C=CC[C@H](NC(=O)c1ccccc1)[C@H](O)CN[C@H]1CC2(CCC2)Oc2ncc(CC(C)(C)C)cc21. The molecule has 3 N–H and O–H groups in total. The second-order valence-electron chi connectivity index (χ2n) is 11.3. The van der Waals surface area contributed by atoms with Crippen LogP contribution in [0.5, 0.6) is 5.88 Å². The molecule has 0 radical (unpaired) electrons. The Morgan fingerprint density at radius 2 is 2.06 bits per heavy atom. The third kappa shape index (κ3) is 6.30. The maximum absolute atomic E-state index is 12.7. The third-order valence-corrected chi connectivity index (χ3v) is 7.01. The van der Waals surface area contributed by atoms with E-state index in [4.69, 9.17) is 9.72 Å². The molecule has 1 fully saturated rings. The molecule has 2 aromatic rings. The Kier molecular flexibility index (Phi) is 7.62. The maximum atomic E-state index is 12.7. The predicted molar refractivity (Wildman–Crippen MR) is 138 cm³/mol. The van der Waals surface area contributed by atoms with Crippen LogP contribution in [-0.4, -0.2) is 40.3 Å². The molecule has 6 nitrogen and oxygen atoms in total. The predicted octanol–water partition coefficient (Wildman–Crippen LogP) is 4.74. The molecule has 1 saturated carbocycles. The van der Waals surface area contributed by atoms with E-state index in [0.29, 0.717) is 24.4 Å². The van der Waals surface area contributed by atoms with Gasteiger partial charge >= 0.3 is 0 Å². The molecule has 188 valence electrons.